The van der Waals surface area contributed by atoms with E-state index in [4.69, 9.17) is 6.57 Å². The zero-order chi connectivity index (χ0) is 32.2. The second kappa shape index (κ2) is 10.9. The highest BCUT2D eigenvalue weighted by molar-refractivity contribution is 6.14. The maximum Gasteiger partial charge on any atom is 0.211 e. The summed E-state index contributed by atoms with van der Waals surface area (Å²) in [6.45, 7) is 7.94. The molecule has 2 heterocycles. The predicted molar refractivity (Wildman–Crippen MR) is 197 cm³/mol. The van der Waals surface area contributed by atoms with Crippen LogP contribution >= 0.6 is 0 Å². The van der Waals surface area contributed by atoms with Crippen molar-refractivity contribution in [1.82, 2.24) is 9.13 Å². The van der Waals surface area contributed by atoms with E-state index in [-0.39, 0.29) is 0 Å². The molecule has 0 aliphatic rings. The minimum atomic E-state index is 0.626. The van der Waals surface area contributed by atoms with Crippen molar-refractivity contribution < 1.29 is 0 Å². The smallest absolute Gasteiger partial charge is 0.211 e. The number of aromatic nitrogens is 2. The fourth-order valence-corrected chi connectivity index (χ4v) is 7.27. The van der Waals surface area contributed by atoms with E-state index >= 15 is 0 Å². The summed E-state index contributed by atoms with van der Waals surface area (Å²) in [6, 6.07) is 56.6. The SMILES string of the molecule is [C-]#[N+]c1cccc2c3ccccc3n(-c3ccccc3-c3ccc(-c4ccc(C#N)c(-n5c6ccccc6c6ccccc65)c4)cc3)c12. The quantitative estimate of drug-likeness (QED) is 0.183. The van der Waals surface area contributed by atoms with Crippen LogP contribution in [0.5, 0.6) is 0 Å². The highest BCUT2D eigenvalue weighted by Crippen LogP contribution is 2.40. The molecule has 4 nitrogen and oxygen atoms in total. The summed E-state index contributed by atoms with van der Waals surface area (Å²) in [5.74, 6) is 0. The van der Waals surface area contributed by atoms with Crippen LogP contribution in [-0.2, 0) is 0 Å². The Balaban J connectivity index is 1.18. The summed E-state index contributed by atoms with van der Waals surface area (Å²) >= 11 is 0. The van der Waals surface area contributed by atoms with E-state index < -0.39 is 0 Å². The van der Waals surface area contributed by atoms with E-state index in [1.807, 2.05) is 36.4 Å². The zero-order valence-electron chi connectivity index (χ0n) is 25.8. The number of nitriles is 1. The Labute approximate surface area is 277 Å². The van der Waals surface area contributed by atoms with Gasteiger partial charge < -0.3 is 9.13 Å². The third-order valence-corrected chi connectivity index (χ3v) is 9.41. The Morgan fingerprint density at radius 1 is 0.479 bits per heavy atom. The molecule has 0 fully saturated rings. The first-order chi connectivity index (χ1) is 23.7. The van der Waals surface area contributed by atoms with E-state index in [1.165, 1.54) is 0 Å². The molecule has 0 N–H and O–H groups in total. The molecule has 7 aromatic carbocycles. The molecule has 0 aliphatic carbocycles. The Hall–Kier alpha value is -6.88. The van der Waals surface area contributed by atoms with Crippen LogP contribution in [0.3, 0.4) is 0 Å². The fourth-order valence-electron chi connectivity index (χ4n) is 7.27. The molecule has 0 bridgehead atoms. The first-order valence-corrected chi connectivity index (χ1v) is 15.9. The van der Waals surface area contributed by atoms with Crippen molar-refractivity contribution in [3.63, 3.8) is 0 Å². The fraction of sp³-hybridized carbons (Fsp3) is 0. The molecule has 9 aromatic rings. The molecule has 0 amide bonds. The van der Waals surface area contributed by atoms with Crippen molar-refractivity contribution in [1.29, 1.82) is 5.26 Å². The van der Waals surface area contributed by atoms with Crippen LogP contribution in [-0.4, -0.2) is 9.13 Å². The number of benzene rings is 7. The van der Waals surface area contributed by atoms with Gasteiger partial charge in [0.15, 0.2) is 0 Å². The Morgan fingerprint density at radius 2 is 1.02 bits per heavy atom. The summed E-state index contributed by atoms with van der Waals surface area (Å²) in [5.41, 5.74) is 11.6. The molecular weight excluding hydrogens is 585 g/mol. The molecule has 48 heavy (non-hydrogen) atoms. The van der Waals surface area contributed by atoms with Crippen molar-refractivity contribution >= 4 is 49.3 Å². The third kappa shape index (κ3) is 4.07. The van der Waals surface area contributed by atoms with E-state index in [0.717, 1.165) is 77.2 Å². The lowest BCUT2D eigenvalue weighted by Gasteiger charge is -2.15. The van der Waals surface area contributed by atoms with Crippen LogP contribution in [0.25, 0.3) is 82.1 Å². The molecular formula is C44H26N4. The average Bonchev–Trinajstić information content (AvgIpc) is 3.68. The van der Waals surface area contributed by atoms with Crippen LogP contribution in [0, 0.1) is 17.9 Å². The molecule has 9 rings (SSSR count). The number of hydrogen-bond donors (Lipinski definition) is 0. The van der Waals surface area contributed by atoms with Crippen molar-refractivity contribution in [2.75, 3.05) is 0 Å². The van der Waals surface area contributed by atoms with Gasteiger partial charge in [-0.2, -0.15) is 5.26 Å². The normalized spacial score (nSPS) is 11.3. The topological polar surface area (TPSA) is 38.0 Å². The maximum absolute atomic E-state index is 10.2. The molecule has 0 spiro atoms. The largest absolute Gasteiger partial charge is 0.318 e. The number of para-hydroxylation sites is 5. The Kier molecular flexibility index (Phi) is 6.22. The van der Waals surface area contributed by atoms with Gasteiger partial charge in [0.25, 0.3) is 0 Å². The predicted octanol–water partition coefficient (Wildman–Crippen LogP) is 11.6. The zero-order valence-corrected chi connectivity index (χ0v) is 25.8. The average molecular weight is 611 g/mol. The monoisotopic (exact) mass is 610 g/mol. The van der Waals surface area contributed by atoms with E-state index in [1.54, 1.807) is 0 Å². The van der Waals surface area contributed by atoms with Gasteiger partial charge in [0.1, 0.15) is 6.07 Å². The Bertz CT molecular complexity index is 2750. The van der Waals surface area contributed by atoms with Gasteiger partial charge in [-0.3, -0.25) is 0 Å². The lowest BCUT2D eigenvalue weighted by molar-refractivity contribution is 1.17. The summed E-state index contributed by atoms with van der Waals surface area (Å²) in [6.07, 6.45) is 0. The molecule has 0 aliphatic heterocycles. The van der Waals surface area contributed by atoms with E-state index in [9.17, 15) is 5.26 Å². The third-order valence-electron chi connectivity index (χ3n) is 9.41. The summed E-state index contributed by atoms with van der Waals surface area (Å²) in [7, 11) is 0. The van der Waals surface area contributed by atoms with Gasteiger partial charge in [0, 0.05) is 21.7 Å². The van der Waals surface area contributed by atoms with Crippen LogP contribution in [0.15, 0.2) is 158 Å². The van der Waals surface area contributed by atoms with Gasteiger partial charge >= 0.3 is 0 Å². The van der Waals surface area contributed by atoms with E-state index in [2.05, 4.69) is 141 Å². The van der Waals surface area contributed by atoms with Crippen molar-refractivity contribution in [3.8, 4) is 39.7 Å². The minimum absolute atomic E-state index is 0.626. The number of nitrogens with zero attached hydrogens (tertiary/aromatic N) is 4. The van der Waals surface area contributed by atoms with Gasteiger partial charge in [-0.05, 0) is 58.5 Å². The van der Waals surface area contributed by atoms with Crippen molar-refractivity contribution in [2.24, 2.45) is 0 Å². The van der Waals surface area contributed by atoms with Gasteiger partial charge in [-0.25, -0.2) is 4.85 Å². The summed E-state index contributed by atoms with van der Waals surface area (Å²) < 4.78 is 4.44. The van der Waals surface area contributed by atoms with Crippen molar-refractivity contribution in [3.05, 3.63) is 175 Å². The van der Waals surface area contributed by atoms with Crippen molar-refractivity contribution in [2.45, 2.75) is 0 Å². The van der Waals surface area contributed by atoms with Gasteiger partial charge in [0.05, 0.1) is 45.6 Å². The summed E-state index contributed by atoms with van der Waals surface area (Å²) in [4.78, 5) is 3.91. The molecule has 0 radical (unpaired) electrons. The first-order valence-electron chi connectivity index (χ1n) is 15.9. The molecule has 0 saturated heterocycles. The molecule has 0 atom stereocenters. The second-order valence-corrected chi connectivity index (χ2v) is 11.9. The lowest BCUT2D eigenvalue weighted by atomic mass is 9.98. The number of rotatable bonds is 4. The highest BCUT2D eigenvalue weighted by atomic mass is 15.0. The first kappa shape index (κ1) is 27.4. The Morgan fingerprint density at radius 3 is 1.69 bits per heavy atom. The van der Waals surface area contributed by atoms with Gasteiger partial charge in [-0.15, -0.1) is 0 Å². The molecule has 4 heteroatoms. The summed E-state index contributed by atoms with van der Waals surface area (Å²) in [5, 5.41) is 14.7. The molecule has 0 unspecified atom stereocenters. The number of hydrogen-bond acceptors (Lipinski definition) is 1. The standard InChI is InChI=1S/C44H26N4/c1-46-38-16-10-15-37-36-14-5-9-20-42(36)48(44(37)38)39-17-6-2-11-33(39)30-23-21-29(22-24-30)31-25-26-32(28-45)43(27-31)47-40-18-7-3-12-34(40)35-13-4-8-19-41(35)47/h2-27H. The molecule has 2 aromatic heterocycles. The highest BCUT2D eigenvalue weighted by Gasteiger charge is 2.19. The van der Waals surface area contributed by atoms with Gasteiger partial charge in [-0.1, -0.05) is 121 Å². The maximum atomic E-state index is 10.2. The van der Waals surface area contributed by atoms with Gasteiger partial charge in [0.2, 0.25) is 5.69 Å². The van der Waals surface area contributed by atoms with E-state index in [0.29, 0.717) is 11.3 Å². The van der Waals surface area contributed by atoms with Crippen LogP contribution < -0.4 is 0 Å². The number of fused-ring (bicyclic) bond motifs is 6. The van der Waals surface area contributed by atoms with Crippen LogP contribution in [0.4, 0.5) is 5.69 Å². The lowest BCUT2D eigenvalue weighted by Crippen LogP contribution is -1.98. The molecule has 0 saturated carbocycles. The second-order valence-electron chi connectivity index (χ2n) is 11.9. The minimum Gasteiger partial charge on any atom is -0.318 e. The van der Waals surface area contributed by atoms with Crippen LogP contribution in [0.1, 0.15) is 5.56 Å². The molecule has 222 valence electrons. The van der Waals surface area contributed by atoms with Crippen LogP contribution in [0.2, 0.25) is 0 Å².